The largest absolute Gasteiger partial charge is 0.439 e. The van der Waals surface area contributed by atoms with Crippen molar-refractivity contribution < 1.29 is 4.52 Å². The minimum atomic E-state index is -0.638. The van der Waals surface area contributed by atoms with Crippen molar-refractivity contribution >= 4 is 22.9 Å². The molecule has 0 aliphatic heterocycles. The van der Waals surface area contributed by atoms with Gasteiger partial charge in [-0.15, -0.1) is 12.3 Å². The van der Waals surface area contributed by atoms with E-state index in [0.717, 1.165) is 50.2 Å². The minimum Gasteiger partial charge on any atom is -0.365 e. The number of nitrogens with one attached hydrogen (secondary N) is 2. The molecule has 2 aliphatic rings. The van der Waals surface area contributed by atoms with Gasteiger partial charge in [-0.3, -0.25) is 9.51 Å². The second-order valence-corrected chi connectivity index (χ2v) is 10.1. The molecule has 10 nitrogen and oxygen atoms in total. The van der Waals surface area contributed by atoms with Crippen molar-refractivity contribution in [2.24, 2.45) is 17.8 Å². The van der Waals surface area contributed by atoms with Gasteiger partial charge in [0.15, 0.2) is 11.5 Å². The number of anilines is 2. The fraction of sp³-hybridized carbons (Fsp3) is 0.640. The maximum absolute atomic E-state index is 11.6. The highest BCUT2D eigenvalue weighted by atomic mass is 16.5. The molecule has 186 valence electrons. The molecule has 2 N–H and O–H groups in total. The second-order valence-electron chi connectivity index (χ2n) is 10.1. The first-order valence-corrected chi connectivity index (χ1v) is 12.7. The first-order chi connectivity index (χ1) is 17.0. The molecule has 1 atom stereocenters. The third-order valence-corrected chi connectivity index (χ3v) is 7.80. The van der Waals surface area contributed by atoms with Gasteiger partial charge in [-0.25, -0.2) is 14.8 Å². The summed E-state index contributed by atoms with van der Waals surface area (Å²) in [5.74, 6) is 5.88. The van der Waals surface area contributed by atoms with E-state index in [1.807, 2.05) is 7.05 Å². The Bertz CT molecular complexity index is 1270. The lowest BCUT2D eigenvalue weighted by molar-refractivity contribution is 0.284. The van der Waals surface area contributed by atoms with E-state index in [4.69, 9.17) is 25.9 Å². The summed E-state index contributed by atoms with van der Waals surface area (Å²) in [6.07, 6.45) is 13.7. The van der Waals surface area contributed by atoms with Gasteiger partial charge in [0, 0.05) is 32.1 Å². The number of hydrogen-bond donors (Lipinski definition) is 2. The van der Waals surface area contributed by atoms with Crippen molar-refractivity contribution in [3.63, 3.8) is 0 Å². The molecule has 35 heavy (non-hydrogen) atoms. The van der Waals surface area contributed by atoms with Crippen molar-refractivity contribution in [1.82, 2.24) is 29.7 Å². The van der Waals surface area contributed by atoms with Crippen LogP contribution in [0.1, 0.15) is 58.8 Å². The lowest BCUT2D eigenvalue weighted by Gasteiger charge is -2.32. The number of H-pyrrole nitrogens is 1. The fourth-order valence-electron chi connectivity index (χ4n) is 5.21. The molecule has 3 aromatic rings. The molecule has 0 spiro atoms. The molecule has 0 saturated heterocycles. The Morgan fingerprint density at radius 3 is 2.60 bits per heavy atom. The summed E-state index contributed by atoms with van der Waals surface area (Å²) in [5.41, 5.74) is 1.47. The summed E-state index contributed by atoms with van der Waals surface area (Å²) in [5, 5.41) is 7.47. The Morgan fingerprint density at radius 1 is 1.23 bits per heavy atom. The van der Waals surface area contributed by atoms with E-state index < -0.39 is 5.76 Å². The van der Waals surface area contributed by atoms with Gasteiger partial charge < -0.3 is 14.8 Å². The second kappa shape index (κ2) is 9.72. The number of rotatable bonds is 8. The van der Waals surface area contributed by atoms with E-state index >= 15 is 0 Å². The van der Waals surface area contributed by atoms with Crippen LogP contribution < -0.4 is 16.0 Å². The normalized spacial score (nSPS) is 21.4. The smallest absolute Gasteiger partial charge is 0.365 e. The van der Waals surface area contributed by atoms with Crippen LogP contribution in [0.25, 0.3) is 22.8 Å². The summed E-state index contributed by atoms with van der Waals surface area (Å²) in [6, 6.07) is 0.257. The average Bonchev–Trinajstić information content (AvgIpc) is 3.41. The molecule has 3 heterocycles. The Hall–Kier alpha value is -3.35. The number of hydrogen-bond acceptors (Lipinski definition) is 8. The number of terminal acetylenes is 1. The van der Waals surface area contributed by atoms with E-state index in [-0.39, 0.29) is 17.7 Å². The van der Waals surface area contributed by atoms with Crippen LogP contribution in [0.15, 0.2) is 9.32 Å². The lowest BCUT2D eigenvalue weighted by Crippen LogP contribution is -2.31. The van der Waals surface area contributed by atoms with E-state index in [0.29, 0.717) is 29.2 Å². The third kappa shape index (κ3) is 4.64. The van der Waals surface area contributed by atoms with E-state index in [1.54, 1.807) is 0 Å². The molecular weight excluding hydrogens is 444 g/mol. The van der Waals surface area contributed by atoms with E-state index in [9.17, 15) is 4.79 Å². The number of imidazole rings is 1. The predicted molar refractivity (Wildman–Crippen MR) is 135 cm³/mol. The molecule has 5 rings (SSSR count). The number of nitrogens with zero attached hydrogens (tertiary/aromatic N) is 6. The van der Waals surface area contributed by atoms with E-state index in [1.165, 1.54) is 19.3 Å². The average molecular weight is 479 g/mol. The first kappa shape index (κ1) is 23.4. The highest BCUT2D eigenvalue weighted by Crippen LogP contribution is 2.36. The van der Waals surface area contributed by atoms with Crippen LogP contribution >= 0.6 is 0 Å². The molecule has 0 radical (unpaired) electrons. The van der Waals surface area contributed by atoms with Crippen molar-refractivity contribution in [2.75, 3.05) is 23.8 Å². The summed E-state index contributed by atoms with van der Waals surface area (Å²) in [6.45, 7) is 5.96. The summed E-state index contributed by atoms with van der Waals surface area (Å²) in [7, 11) is 2.04. The van der Waals surface area contributed by atoms with Crippen LogP contribution in [0.3, 0.4) is 0 Å². The monoisotopic (exact) mass is 478 g/mol. The standard InChI is InChI=1S/C25H34N8O2/c1-5-16-10-12-17(13-11-16)14-33-19-20(26-15(3)18-8-7-9-18)27-22(23-30-25(34)35-31-23)28-21(19)29-24(33)32(4)6-2/h1,15-18H,6-14H2,2-4H3,(H,26,27,28)(H,30,31,34)/t15-,16?,17?/m1/s1. The van der Waals surface area contributed by atoms with Gasteiger partial charge in [0.1, 0.15) is 5.52 Å². The molecule has 3 aromatic heterocycles. The van der Waals surface area contributed by atoms with Crippen LogP contribution in [0.5, 0.6) is 0 Å². The summed E-state index contributed by atoms with van der Waals surface area (Å²) in [4.78, 5) is 30.7. The van der Waals surface area contributed by atoms with Crippen LogP contribution in [0, 0.1) is 30.1 Å². The van der Waals surface area contributed by atoms with Gasteiger partial charge in [-0.1, -0.05) is 11.6 Å². The predicted octanol–water partition coefficient (Wildman–Crippen LogP) is 3.67. The minimum absolute atomic E-state index is 0.198. The maximum atomic E-state index is 11.6. The quantitative estimate of drug-likeness (QED) is 0.471. The molecule has 0 unspecified atom stereocenters. The van der Waals surface area contributed by atoms with Gasteiger partial charge in [0.05, 0.1) is 0 Å². The van der Waals surface area contributed by atoms with Crippen LogP contribution in [0.2, 0.25) is 0 Å². The number of aromatic amines is 1. The summed E-state index contributed by atoms with van der Waals surface area (Å²) < 4.78 is 6.98. The van der Waals surface area contributed by atoms with E-state index in [2.05, 4.69) is 44.7 Å². The molecule has 2 fully saturated rings. The fourth-order valence-corrected chi connectivity index (χ4v) is 5.21. The molecule has 2 saturated carbocycles. The molecule has 10 heteroatoms. The molecule has 0 bridgehead atoms. The highest BCUT2D eigenvalue weighted by Gasteiger charge is 2.29. The van der Waals surface area contributed by atoms with Gasteiger partial charge in [-0.05, 0) is 64.2 Å². The number of aromatic nitrogens is 6. The summed E-state index contributed by atoms with van der Waals surface area (Å²) >= 11 is 0. The van der Waals surface area contributed by atoms with Crippen molar-refractivity contribution in [1.29, 1.82) is 0 Å². The first-order valence-electron chi connectivity index (χ1n) is 12.7. The maximum Gasteiger partial charge on any atom is 0.439 e. The zero-order valence-electron chi connectivity index (χ0n) is 20.8. The van der Waals surface area contributed by atoms with Gasteiger partial charge in [0.2, 0.25) is 17.6 Å². The molecule has 2 aliphatic carbocycles. The highest BCUT2D eigenvalue weighted by molar-refractivity contribution is 5.87. The zero-order chi connectivity index (χ0) is 24.5. The molecule has 0 amide bonds. The van der Waals surface area contributed by atoms with Crippen molar-refractivity contribution in [2.45, 2.75) is 71.4 Å². The van der Waals surface area contributed by atoms with Crippen LogP contribution in [-0.2, 0) is 6.54 Å². The van der Waals surface area contributed by atoms with Crippen molar-refractivity contribution in [3.05, 3.63) is 10.6 Å². The van der Waals surface area contributed by atoms with Crippen LogP contribution in [-0.4, -0.2) is 49.3 Å². The Morgan fingerprint density at radius 2 is 2.00 bits per heavy atom. The Labute approximate surface area is 204 Å². The van der Waals surface area contributed by atoms with Gasteiger partial charge in [-0.2, -0.15) is 4.98 Å². The Balaban J connectivity index is 1.60. The third-order valence-electron chi connectivity index (χ3n) is 7.80. The SMILES string of the molecule is C#CC1CCC(Cn2c(N(C)CC)nc3nc(-c4noc(=O)[nH]4)nc(N[C@H](C)C4CCC4)c32)CC1. The van der Waals surface area contributed by atoms with Crippen LogP contribution in [0.4, 0.5) is 11.8 Å². The van der Waals surface area contributed by atoms with Gasteiger partial charge >= 0.3 is 5.76 Å². The zero-order valence-corrected chi connectivity index (χ0v) is 20.8. The lowest BCUT2D eigenvalue weighted by atomic mass is 9.80. The number of fused-ring (bicyclic) bond motifs is 1. The molecular formula is C25H34N8O2. The Kier molecular flexibility index (Phi) is 6.50. The van der Waals surface area contributed by atoms with Gasteiger partial charge in [0.25, 0.3) is 0 Å². The van der Waals surface area contributed by atoms with Crippen molar-refractivity contribution in [3.8, 4) is 24.0 Å². The molecule has 0 aromatic carbocycles. The topological polar surface area (TPSA) is 118 Å².